The van der Waals surface area contributed by atoms with E-state index in [0.717, 1.165) is 29.3 Å². The van der Waals surface area contributed by atoms with Crippen molar-refractivity contribution in [3.63, 3.8) is 0 Å². The smallest absolute Gasteiger partial charge is 0.106 e. The summed E-state index contributed by atoms with van der Waals surface area (Å²) in [4.78, 5) is 5.91. The predicted octanol–water partition coefficient (Wildman–Crippen LogP) is 5.15. The summed E-state index contributed by atoms with van der Waals surface area (Å²) >= 11 is 5.89. The first-order chi connectivity index (χ1) is 13.6. The SMILES string of the molecule is CC12CC3C(C(=S)N=CC4CCC(CN)CC4)C4CC(c5ccccc5)(C1)C342. The van der Waals surface area contributed by atoms with Gasteiger partial charge in [-0.25, -0.2) is 0 Å². The summed E-state index contributed by atoms with van der Waals surface area (Å²) in [6, 6.07) is 11.4. The predicted molar refractivity (Wildman–Crippen MR) is 119 cm³/mol. The summed E-state index contributed by atoms with van der Waals surface area (Å²) in [6.45, 7) is 3.40. The van der Waals surface area contributed by atoms with Crippen LogP contribution in [0.2, 0.25) is 0 Å². The van der Waals surface area contributed by atoms with Gasteiger partial charge >= 0.3 is 0 Å². The number of nitrogens with two attached hydrogens (primary N) is 1. The fourth-order valence-corrected chi connectivity index (χ4v) is 9.48. The van der Waals surface area contributed by atoms with Crippen molar-refractivity contribution >= 4 is 23.4 Å². The van der Waals surface area contributed by atoms with Crippen LogP contribution in [0, 0.1) is 40.4 Å². The lowest BCUT2D eigenvalue weighted by atomic mass is 9.06. The highest BCUT2D eigenvalue weighted by atomic mass is 32.1. The van der Waals surface area contributed by atoms with Crippen LogP contribution in [0.4, 0.5) is 0 Å². The molecule has 3 heteroatoms. The Morgan fingerprint density at radius 2 is 1.86 bits per heavy atom. The molecule has 148 valence electrons. The summed E-state index contributed by atoms with van der Waals surface area (Å²) in [6.07, 6.45) is 11.3. The summed E-state index contributed by atoms with van der Waals surface area (Å²) in [5.74, 6) is 3.52. The maximum atomic E-state index is 5.89. The Kier molecular flexibility index (Phi) is 3.65. The lowest BCUT2D eigenvalue weighted by Crippen LogP contribution is -2.94. The third kappa shape index (κ3) is 1.85. The Balaban J connectivity index is 1.17. The van der Waals surface area contributed by atoms with Crippen LogP contribution in [0.1, 0.15) is 57.4 Å². The molecule has 6 unspecified atom stereocenters. The molecule has 1 spiro atoms. The van der Waals surface area contributed by atoms with Gasteiger partial charge in [-0.2, -0.15) is 0 Å². The number of thiocarbonyl (C=S) groups is 1. The minimum Gasteiger partial charge on any atom is -0.330 e. The average Bonchev–Trinajstić information content (AvgIpc) is 2.68. The third-order valence-corrected chi connectivity index (χ3v) is 10.4. The summed E-state index contributed by atoms with van der Waals surface area (Å²) in [5, 5.41) is 0. The first-order valence-corrected chi connectivity index (χ1v) is 11.8. The standard InChI is InChI=1S/C25H32N2S/c1-23-11-19-21(22(28)27-14-17-9-7-16(13-26)8-10-17)20-12-24(15-23,25(19,20)23)18-5-3-2-4-6-18/h2-6,14,16-17,19-21H,7-13,15,26H2,1H3. The molecule has 5 saturated carbocycles. The lowest BCUT2D eigenvalue weighted by molar-refractivity contribution is -0.457. The Hall–Kier alpha value is -1.06. The zero-order valence-corrected chi connectivity index (χ0v) is 17.8. The van der Waals surface area contributed by atoms with Crippen molar-refractivity contribution in [2.45, 2.75) is 57.3 Å². The maximum absolute atomic E-state index is 5.89. The van der Waals surface area contributed by atoms with Crippen molar-refractivity contribution < 1.29 is 0 Å². The van der Waals surface area contributed by atoms with Crippen molar-refractivity contribution in [3.05, 3.63) is 35.9 Å². The number of hydrogen-bond acceptors (Lipinski definition) is 2. The maximum Gasteiger partial charge on any atom is 0.106 e. The molecule has 1 aromatic carbocycles. The monoisotopic (exact) mass is 392 g/mol. The first kappa shape index (κ1) is 17.8. The number of aliphatic imine (C=N–C) groups is 1. The molecular weight excluding hydrogens is 360 g/mol. The van der Waals surface area contributed by atoms with Gasteiger partial charge in [-0.1, -0.05) is 49.5 Å². The zero-order chi connectivity index (χ0) is 19.1. The van der Waals surface area contributed by atoms with Crippen molar-refractivity contribution in [2.24, 2.45) is 51.1 Å². The van der Waals surface area contributed by atoms with E-state index >= 15 is 0 Å². The molecule has 0 aliphatic heterocycles. The molecule has 1 aromatic rings. The second-order valence-corrected chi connectivity index (χ2v) is 11.3. The van der Waals surface area contributed by atoms with E-state index in [1.165, 1.54) is 44.9 Å². The van der Waals surface area contributed by atoms with Gasteiger partial charge in [-0.05, 0) is 91.6 Å². The van der Waals surface area contributed by atoms with E-state index in [2.05, 4.69) is 43.5 Å². The number of benzene rings is 1. The molecule has 2 nitrogen and oxygen atoms in total. The van der Waals surface area contributed by atoms with Crippen molar-refractivity contribution in [1.82, 2.24) is 0 Å². The average molecular weight is 393 g/mol. The number of hydrogen-bond donors (Lipinski definition) is 1. The quantitative estimate of drug-likeness (QED) is 0.568. The van der Waals surface area contributed by atoms with Crippen LogP contribution in [-0.4, -0.2) is 17.7 Å². The van der Waals surface area contributed by atoms with E-state index < -0.39 is 0 Å². The van der Waals surface area contributed by atoms with Crippen LogP contribution < -0.4 is 5.73 Å². The summed E-state index contributed by atoms with van der Waals surface area (Å²) in [7, 11) is 0. The van der Waals surface area contributed by atoms with Crippen LogP contribution in [-0.2, 0) is 5.41 Å². The molecule has 2 N–H and O–H groups in total. The molecule has 5 aliphatic rings. The molecule has 6 atom stereocenters. The Morgan fingerprint density at radius 3 is 2.50 bits per heavy atom. The molecule has 0 radical (unpaired) electrons. The van der Waals surface area contributed by atoms with Crippen molar-refractivity contribution in [2.75, 3.05) is 6.54 Å². The van der Waals surface area contributed by atoms with Crippen LogP contribution in [0.15, 0.2) is 35.3 Å². The van der Waals surface area contributed by atoms with E-state index in [1.54, 1.807) is 5.56 Å². The van der Waals surface area contributed by atoms with Crippen LogP contribution in [0.3, 0.4) is 0 Å². The minimum absolute atomic E-state index is 0.465. The third-order valence-electron chi connectivity index (χ3n) is 10.0. The van der Waals surface area contributed by atoms with Crippen LogP contribution >= 0.6 is 12.2 Å². The zero-order valence-electron chi connectivity index (χ0n) is 16.9. The molecule has 5 fully saturated rings. The highest BCUT2D eigenvalue weighted by Crippen LogP contribution is 2.98. The Bertz CT molecular complexity index is 833. The lowest BCUT2D eigenvalue weighted by Gasteiger charge is -2.97. The molecule has 5 aliphatic carbocycles. The molecule has 0 amide bonds. The Labute approximate surface area is 174 Å². The molecule has 28 heavy (non-hydrogen) atoms. The molecule has 0 aromatic heterocycles. The molecule has 0 heterocycles. The van der Waals surface area contributed by atoms with Crippen molar-refractivity contribution in [3.8, 4) is 0 Å². The van der Waals surface area contributed by atoms with Crippen LogP contribution in [0.5, 0.6) is 0 Å². The van der Waals surface area contributed by atoms with Gasteiger partial charge in [-0.15, -0.1) is 0 Å². The van der Waals surface area contributed by atoms with Gasteiger partial charge in [0.2, 0.25) is 0 Å². The molecule has 0 saturated heterocycles. The fraction of sp³-hybridized carbons (Fsp3) is 0.680. The second-order valence-electron chi connectivity index (χ2n) is 10.8. The topological polar surface area (TPSA) is 38.4 Å². The van der Waals surface area contributed by atoms with Gasteiger partial charge < -0.3 is 5.73 Å². The fourth-order valence-electron chi connectivity index (χ4n) is 9.09. The Morgan fingerprint density at radius 1 is 1.14 bits per heavy atom. The first-order valence-electron chi connectivity index (χ1n) is 11.4. The highest BCUT2D eigenvalue weighted by molar-refractivity contribution is 7.80. The van der Waals surface area contributed by atoms with E-state index in [0.29, 0.717) is 28.1 Å². The number of rotatable bonds is 4. The second kappa shape index (κ2) is 5.76. The number of nitrogens with zero attached hydrogens (tertiary/aromatic N) is 1. The minimum atomic E-state index is 0.465. The summed E-state index contributed by atoms with van der Waals surface area (Å²) in [5.41, 5.74) is 9.03. The van der Waals surface area contributed by atoms with Crippen LogP contribution in [0.25, 0.3) is 0 Å². The van der Waals surface area contributed by atoms with E-state index in [4.69, 9.17) is 22.9 Å². The van der Waals surface area contributed by atoms with Gasteiger partial charge in [0.1, 0.15) is 4.99 Å². The normalized spacial score (nSPS) is 50.4. The molecular formula is C25H32N2S. The molecule has 6 rings (SSSR count). The van der Waals surface area contributed by atoms with Crippen molar-refractivity contribution in [1.29, 1.82) is 0 Å². The summed E-state index contributed by atoms with van der Waals surface area (Å²) < 4.78 is 0. The van der Waals surface area contributed by atoms with Gasteiger partial charge in [0, 0.05) is 17.5 Å². The van der Waals surface area contributed by atoms with E-state index in [1.807, 2.05) is 0 Å². The van der Waals surface area contributed by atoms with Gasteiger partial charge in [-0.3, -0.25) is 4.99 Å². The highest BCUT2D eigenvalue weighted by Gasteiger charge is 2.95. The van der Waals surface area contributed by atoms with E-state index in [9.17, 15) is 0 Å². The van der Waals surface area contributed by atoms with Gasteiger partial charge in [0.05, 0.1) is 0 Å². The van der Waals surface area contributed by atoms with Gasteiger partial charge in [0.15, 0.2) is 0 Å². The largest absolute Gasteiger partial charge is 0.330 e. The van der Waals surface area contributed by atoms with Gasteiger partial charge in [0.25, 0.3) is 0 Å². The molecule has 0 bridgehead atoms. The van der Waals surface area contributed by atoms with E-state index in [-0.39, 0.29) is 0 Å².